The SMILES string of the molecule is Cn1c(-c2ccc(OCF)c(F)c2F)cnc1C(=O)Nc1ccc(C(=O)N2CCN(C(=O)[C@@H]3CCNC3)CC2)c(Cl)c1. The van der Waals surface area contributed by atoms with E-state index in [2.05, 4.69) is 20.4 Å². The summed E-state index contributed by atoms with van der Waals surface area (Å²) in [6, 6.07) is 6.74. The summed E-state index contributed by atoms with van der Waals surface area (Å²) in [6.45, 7) is 1.87. The number of ether oxygens (including phenoxy) is 1. The first-order valence-corrected chi connectivity index (χ1v) is 13.7. The normalized spacial score (nSPS) is 16.9. The summed E-state index contributed by atoms with van der Waals surface area (Å²) in [7, 11) is 1.45. The maximum Gasteiger partial charge on any atom is 0.291 e. The Morgan fingerprint density at radius 2 is 1.83 bits per heavy atom. The molecule has 0 spiro atoms. The maximum atomic E-state index is 14.6. The molecule has 2 aliphatic rings. The highest BCUT2D eigenvalue weighted by Crippen LogP contribution is 2.30. The Morgan fingerprint density at radius 3 is 2.50 bits per heavy atom. The summed E-state index contributed by atoms with van der Waals surface area (Å²) in [5.74, 6) is -4.16. The number of imidazole rings is 1. The van der Waals surface area contributed by atoms with Gasteiger partial charge in [-0.15, -0.1) is 0 Å². The Labute approximate surface area is 244 Å². The van der Waals surface area contributed by atoms with Crippen LogP contribution in [0.1, 0.15) is 27.4 Å². The molecule has 14 heteroatoms. The Morgan fingerprint density at radius 1 is 1.10 bits per heavy atom. The van der Waals surface area contributed by atoms with Crippen molar-refractivity contribution in [3.8, 4) is 17.0 Å². The van der Waals surface area contributed by atoms with Gasteiger partial charge in [-0.05, 0) is 43.3 Å². The standard InChI is InChI=1S/C28H28ClF3N6O4/c1-36-21(19-4-5-22(42-15-30)24(32)23(19)31)14-34-25(36)26(39)35-17-2-3-18(20(29)12-17)28(41)38-10-8-37(9-11-38)27(40)16-6-7-33-13-16/h2-5,12,14,16,33H,6-11,13,15H2,1H3,(H,35,39)/t16-/m1/s1. The maximum absolute atomic E-state index is 14.6. The van der Waals surface area contributed by atoms with E-state index in [0.717, 1.165) is 19.0 Å². The van der Waals surface area contributed by atoms with Gasteiger partial charge in [-0.25, -0.2) is 13.8 Å². The van der Waals surface area contributed by atoms with Crippen molar-refractivity contribution < 1.29 is 32.3 Å². The predicted molar refractivity (Wildman–Crippen MR) is 148 cm³/mol. The summed E-state index contributed by atoms with van der Waals surface area (Å²) < 4.78 is 47.0. The lowest BCUT2D eigenvalue weighted by molar-refractivity contribution is -0.136. The third-order valence-corrected chi connectivity index (χ3v) is 7.78. The highest BCUT2D eigenvalue weighted by molar-refractivity contribution is 6.34. The Bertz CT molecular complexity index is 1520. The van der Waals surface area contributed by atoms with Gasteiger partial charge in [0.05, 0.1) is 28.4 Å². The molecule has 0 aliphatic carbocycles. The van der Waals surface area contributed by atoms with E-state index >= 15 is 0 Å². The number of carbonyl (C=O) groups excluding carboxylic acids is 3. The van der Waals surface area contributed by atoms with E-state index in [1.165, 1.54) is 42.1 Å². The predicted octanol–water partition coefficient (Wildman–Crippen LogP) is 3.47. The van der Waals surface area contributed by atoms with Crippen molar-refractivity contribution in [3.63, 3.8) is 0 Å². The summed E-state index contributed by atoms with van der Waals surface area (Å²) >= 11 is 6.42. The first-order valence-electron chi connectivity index (χ1n) is 13.3. The fourth-order valence-electron chi connectivity index (χ4n) is 5.15. The molecule has 0 bridgehead atoms. The first kappa shape index (κ1) is 29.4. The fourth-order valence-corrected chi connectivity index (χ4v) is 5.41. The number of hydrogen-bond acceptors (Lipinski definition) is 6. The van der Waals surface area contributed by atoms with Crippen molar-refractivity contribution >= 4 is 35.0 Å². The zero-order valence-electron chi connectivity index (χ0n) is 22.6. The lowest BCUT2D eigenvalue weighted by Gasteiger charge is -2.36. The van der Waals surface area contributed by atoms with E-state index in [1.54, 1.807) is 9.80 Å². The average molecular weight is 605 g/mol. The quantitative estimate of drug-likeness (QED) is 0.428. The molecule has 222 valence electrons. The minimum absolute atomic E-state index is 0.0130. The van der Waals surface area contributed by atoms with Crippen molar-refractivity contribution in [2.24, 2.45) is 13.0 Å². The van der Waals surface area contributed by atoms with Gasteiger partial charge in [0.2, 0.25) is 18.6 Å². The van der Waals surface area contributed by atoms with E-state index in [9.17, 15) is 27.6 Å². The molecule has 2 fully saturated rings. The van der Waals surface area contributed by atoms with Crippen molar-refractivity contribution in [2.45, 2.75) is 6.42 Å². The van der Waals surface area contributed by atoms with E-state index < -0.39 is 30.2 Å². The van der Waals surface area contributed by atoms with Crippen molar-refractivity contribution in [1.82, 2.24) is 24.7 Å². The molecular formula is C28H28ClF3N6O4. The first-order chi connectivity index (χ1) is 20.2. The minimum Gasteiger partial charge on any atom is -0.460 e. The van der Waals surface area contributed by atoms with Crippen LogP contribution in [0.15, 0.2) is 36.5 Å². The summed E-state index contributed by atoms with van der Waals surface area (Å²) in [6.07, 6.45) is 2.03. The van der Waals surface area contributed by atoms with Crippen LogP contribution in [-0.2, 0) is 11.8 Å². The van der Waals surface area contributed by atoms with Gasteiger partial charge in [0.25, 0.3) is 11.8 Å². The molecule has 2 aliphatic heterocycles. The third kappa shape index (κ3) is 5.79. The van der Waals surface area contributed by atoms with Gasteiger partial charge in [-0.1, -0.05) is 11.6 Å². The van der Waals surface area contributed by atoms with E-state index in [4.69, 9.17) is 11.6 Å². The molecule has 0 radical (unpaired) electrons. The highest BCUT2D eigenvalue weighted by Gasteiger charge is 2.31. The molecule has 2 N–H and O–H groups in total. The molecule has 2 aromatic carbocycles. The molecule has 2 saturated heterocycles. The number of rotatable bonds is 7. The van der Waals surface area contributed by atoms with Gasteiger partial charge >= 0.3 is 0 Å². The number of carbonyl (C=O) groups is 3. The molecule has 1 aromatic heterocycles. The molecule has 3 amide bonds. The number of aromatic nitrogens is 2. The molecule has 42 heavy (non-hydrogen) atoms. The lowest BCUT2D eigenvalue weighted by Crippen LogP contribution is -2.52. The molecule has 5 rings (SSSR count). The largest absolute Gasteiger partial charge is 0.460 e. The number of hydrogen-bond donors (Lipinski definition) is 2. The molecular weight excluding hydrogens is 577 g/mol. The van der Waals surface area contributed by atoms with Gasteiger partial charge in [-0.2, -0.15) is 4.39 Å². The van der Waals surface area contributed by atoms with Crippen LogP contribution in [0.4, 0.5) is 18.9 Å². The smallest absolute Gasteiger partial charge is 0.291 e. The molecule has 3 aromatic rings. The summed E-state index contributed by atoms with van der Waals surface area (Å²) in [5, 5.41) is 5.96. The van der Waals surface area contributed by atoms with Gasteiger partial charge in [0.15, 0.2) is 17.4 Å². The number of anilines is 1. The second-order valence-corrected chi connectivity index (χ2v) is 10.4. The van der Waals surface area contributed by atoms with Gasteiger partial charge < -0.3 is 29.7 Å². The number of benzene rings is 2. The van der Waals surface area contributed by atoms with Crippen LogP contribution >= 0.6 is 11.6 Å². The number of halogens is 4. The van der Waals surface area contributed by atoms with Gasteiger partial charge in [0.1, 0.15) is 0 Å². The summed E-state index contributed by atoms with van der Waals surface area (Å²) in [4.78, 5) is 46.2. The van der Waals surface area contributed by atoms with E-state index in [0.29, 0.717) is 32.7 Å². The summed E-state index contributed by atoms with van der Waals surface area (Å²) in [5.41, 5.74) is 0.450. The van der Waals surface area contributed by atoms with E-state index in [1.807, 2.05) is 0 Å². The third-order valence-electron chi connectivity index (χ3n) is 7.47. The van der Waals surface area contributed by atoms with Gasteiger partial charge in [0, 0.05) is 51.0 Å². The van der Waals surface area contributed by atoms with Crippen LogP contribution in [0.2, 0.25) is 5.02 Å². The van der Waals surface area contributed by atoms with Crippen LogP contribution < -0.4 is 15.4 Å². The Balaban J connectivity index is 1.23. The van der Waals surface area contributed by atoms with E-state index in [-0.39, 0.29) is 51.1 Å². The fraction of sp³-hybridized carbons (Fsp3) is 0.357. The monoisotopic (exact) mass is 604 g/mol. The Hall–Kier alpha value is -4.10. The molecule has 3 heterocycles. The molecule has 0 saturated carbocycles. The van der Waals surface area contributed by atoms with Crippen LogP contribution in [-0.4, -0.2) is 83.2 Å². The van der Waals surface area contributed by atoms with Crippen molar-refractivity contribution in [3.05, 3.63) is 64.6 Å². The lowest BCUT2D eigenvalue weighted by atomic mass is 10.1. The zero-order valence-corrected chi connectivity index (χ0v) is 23.4. The number of nitrogens with one attached hydrogen (secondary N) is 2. The number of alkyl halides is 1. The van der Waals surface area contributed by atoms with Crippen LogP contribution in [0, 0.1) is 17.6 Å². The van der Waals surface area contributed by atoms with Gasteiger partial charge in [-0.3, -0.25) is 14.4 Å². The van der Waals surface area contributed by atoms with Crippen LogP contribution in [0.3, 0.4) is 0 Å². The molecule has 0 unspecified atom stereocenters. The topological polar surface area (TPSA) is 109 Å². The zero-order chi connectivity index (χ0) is 30.0. The second kappa shape index (κ2) is 12.4. The molecule has 1 atom stereocenters. The highest BCUT2D eigenvalue weighted by atomic mass is 35.5. The molecule has 10 nitrogen and oxygen atoms in total. The van der Waals surface area contributed by atoms with Crippen molar-refractivity contribution in [2.75, 3.05) is 51.4 Å². The minimum atomic E-state index is -1.36. The number of nitrogens with zero attached hydrogens (tertiary/aromatic N) is 4. The average Bonchev–Trinajstić information content (AvgIpc) is 3.66. The second-order valence-electron chi connectivity index (χ2n) is 9.97. The Kier molecular flexibility index (Phi) is 8.69. The number of piperazine rings is 1. The number of amides is 3. The van der Waals surface area contributed by atoms with Crippen molar-refractivity contribution in [1.29, 1.82) is 0 Å². The van der Waals surface area contributed by atoms with Crippen LogP contribution in [0.25, 0.3) is 11.3 Å². The van der Waals surface area contributed by atoms with Crippen LogP contribution in [0.5, 0.6) is 5.75 Å².